The molecule has 0 fully saturated rings. The summed E-state index contributed by atoms with van der Waals surface area (Å²) in [4.78, 5) is 10.7. The molecule has 2 heterocycles. The number of hydrogen-bond acceptors (Lipinski definition) is 2. The van der Waals surface area contributed by atoms with Crippen molar-refractivity contribution in [2.45, 2.75) is 25.9 Å². The normalized spacial score (nSPS) is 16.8. The summed E-state index contributed by atoms with van der Waals surface area (Å²) in [5.74, 6) is 1.07. The molecule has 0 spiro atoms. The third-order valence-corrected chi connectivity index (χ3v) is 4.51. The molecule has 3 aromatic rings. The number of benzene rings is 2. The summed E-state index contributed by atoms with van der Waals surface area (Å²) < 4.78 is 0. The minimum atomic E-state index is 0.311. The van der Waals surface area contributed by atoms with E-state index in [9.17, 15) is 0 Å². The Bertz CT molecular complexity index is 742. The number of nitrogens with one attached hydrogen (secondary N) is 1. The Kier molecular flexibility index (Phi) is 3.00. The lowest BCUT2D eigenvalue weighted by Crippen LogP contribution is -2.33. The number of fused-ring (bicyclic) bond motifs is 2. The maximum Gasteiger partial charge on any atom is 0.124 e. The minimum Gasteiger partial charge on any atom is -0.341 e. The Morgan fingerprint density at radius 3 is 2.67 bits per heavy atom. The summed E-state index contributed by atoms with van der Waals surface area (Å²) in [5, 5.41) is 0. The van der Waals surface area contributed by atoms with E-state index in [4.69, 9.17) is 4.98 Å². The number of rotatable bonds is 2. The topological polar surface area (TPSA) is 31.9 Å². The molecular weight excluding hydrogens is 258 g/mol. The van der Waals surface area contributed by atoms with E-state index in [-0.39, 0.29) is 0 Å². The molecule has 0 amide bonds. The fraction of sp³-hybridized carbons (Fsp3) is 0.278. The van der Waals surface area contributed by atoms with E-state index in [2.05, 4.69) is 53.2 Å². The second kappa shape index (κ2) is 5.01. The van der Waals surface area contributed by atoms with Crippen LogP contribution in [0.15, 0.2) is 48.5 Å². The maximum absolute atomic E-state index is 4.75. The summed E-state index contributed by atoms with van der Waals surface area (Å²) in [6.45, 7) is 4.34. The molecule has 1 N–H and O–H groups in total. The van der Waals surface area contributed by atoms with Crippen molar-refractivity contribution >= 4 is 11.0 Å². The maximum atomic E-state index is 4.75. The third-order valence-electron chi connectivity index (χ3n) is 4.51. The molecular formula is C18H19N3. The zero-order valence-electron chi connectivity index (χ0n) is 12.2. The lowest BCUT2D eigenvalue weighted by atomic mass is 9.99. The SMILES string of the molecule is CC(c1nc2ccccc2[nH]1)N1CCc2ccccc2C1. The highest BCUT2D eigenvalue weighted by molar-refractivity contribution is 5.74. The van der Waals surface area contributed by atoms with Gasteiger partial charge < -0.3 is 4.98 Å². The molecule has 0 radical (unpaired) electrons. The first-order valence-corrected chi connectivity index (χ1v) is 7.57. The number of para-hydroxylation sites is 2. The van der Waals surface area contributed by atoms with Gasteiger partial charge in [-0.05, 0) is 36.6 Å². The van der Waals surface area contributed by atoms with Gasteiger partial charge in [-0.15, -0.1) is 0 Å². The quantitative estimate of drug-likeness (QED) is 0.775. The standard InChI is InChI=1S/C18H19N3/c1-13(18-19-16-8-4-5-9-17(16)20-18)21-11-10-14-6-2-3-7-15(14)12-21/h2-9,13H,10-12H2,1H3,(H,19,20). The molecule has 0 bridgehead atoms. The zero-order valence-corrected chi connectivity index (χ0v) is 12.2. The first-order chi connectivity index (χ1) is 10.3. The fourth-order valence-corrected chi connectivity index (χ4v) is 3.19. The second-order valence-electron chi connectivity index (χ2n) is 5.80. The fourth-order valence-electron chi connectivity index (χ4n) is 3.19. The van der Waals surface area contributed by atoms with E-state index < -0.39 is 0 Å². The summed E-state index contributed by atoms with van der Waals surface area (Å²) >= 11 is 0. The first-order valence-electron chi connectivity index (χ1n) is 7.57. The number of H-pyrrole nitrogens is 1. The number of hydrogen-bond donors (Lipinski definition) is 1. The van der Waals surface area contributed by atoms with Crippen LogP contribution >= 0.6 is 0 Å². The zero-order chi connectivity index (χ0) is 14.2. The van der Waals surface area contributed by atoms with E-state index in [0.717, 1.165) is 36.4 Å². The average Bonchev–Trinajstić information content (AvgIpc) is 2.97. The van der Waals surface area contributed by atoms with E-state index in [0.29, 0.717) is 6.04 Å². The molecule has 1 aromatic heterocycles. The van der Waals surface area contributed by atoms with Gasteiger partial charge in [-0.3, -0.25) is 4.90 Å². The summed E-state index contributed by atoms with van der Waals surface area (Å²) in [6.07, 6.45) is 1.13. The van der Waals surface area contributed by atoms with Crippen LogP contribution in [0.4, 0.5) is 0 Å². The highest BCUT2D eigenvalue weighted by Crippen LogP contribution is 2.27. The summed E-state index contributed by atoms with van der Waals surface area (Å²) in [5.41, 5.74) is 5.12. The van der Waals surface area contributed by atoms with Crippen LogP contribution in [0.5, 0.6) is 0 Å². The van der Waals surface area contributed by atoms with E-state index in [1.807, 2.05) is 12.1 Å². The van der Waals surface area contributed by atoms with Gasteiger partial charge >= 0.3 is 0 Å². The van der Waals surface area contributed by atoms with Gasteiger partial charge in [-0.25, -0.2) is 4.98 Å². The largest absolute Gasteiger partial charge is 0.341 e. The van der Waals surface area contributed by atoms with E-state index >= 15 is 0 Å². The molecule has 21 heavy (non-hydrogen) atoms. The molecule has 4 rings (SSSR count). The number of aromatic amines is 1. The van der Waals surface area contributed by atoms with E-state index in [1.165, 1.54) is 11.1 Å². The molecule has 1 unspecified atom stereocenters. The highest BCUT2D eigenvalue weighted by Gasteiger charge is 2.23. The molecule has 1 aliphatic heterocycles. The summed E-state index contributed by atoms with van der Waals surface area (Å²) in [6, 6.07) is 17.3. The molecule has 0 saturated carbocycles. The highest BCUT2D eigenvalue weighted by atomic mass is 15.2. The van der Waals surface area contributed by atoms with Crippen LogP contribution in [0, 0.1) is 0 Å². The second-order valence-corrected chi connectivity index (χ2v) is 5.80. The van der Waals surface area contributed by atoms with Gasteiger partial charge in [-0.2, -0.15) is 0 Å². The van der Waals surface area contributed by atoms with Crippen LogP contribution in [-0.4, -0.2) is 21.4 Å². The Labute approximate surface area is 124 Å². The van der Waals surface area contributed by atoms with Gasteiger partial charge in [0.05, 0.1) is 17.1 Å². The predicted molar refractivity (Wildman–Crippen MR) is 85.1 cm³/mol. The van der Waals surface area contributed by atoms with Crippen molar-refractivity contribution in [2.75, 3.05) is 6.54 Å². The number of aromatic nitrogens is 2. The first kappa shape index (κ1) is 12.6. The van der Waals surface area contributed by atoms with Crippen molar-refractivity contribution in [1.29, 1.82) is 0 Å². The lowest BCUT2D eigenvalue weighted by Gasteiger charge is -2.32. The Morgan fingerprint density at radius 1 is 1.05 bits per heavy atom. The third kappa shape index (κ3) is 2.24. The molecule has 3 nitrogen and oxygen atoms in total. The predicted octanol–water partition coefficient (Wildman–Crippen LogP) is 3.68. The Hall–Kier alpha value is -2.13. The lowest BCUT2D eigenvalue weighted by molar-refractivity contribution is 0.186. The molecule has 0 saturated heterocycles. The van der Waals surface area contributed by atoms with Crippen molar-refractivity contribution in [3.05, 3.63) is 65.5 Å². The molecule has 1 aliphatic rings. The van der Waals surface area contributed by atoms with Gasteiger partial charge in [0.1, 0.15) is 5.82 Å². The molecule has 3 heteroatoms. The van der Waals surface area contributed by atoms with Gasteiger partial charge in [0, 0.05) is 13.1 Å². The monoisotopic (exact) mass is 277 g/mol. The molecule has 1 atom stereocenters. The summed E-state index contributed by atoms with van der Waals surface area (Å²) in [7, 11) is 0. The van der Waals surface area contributed by atoms with Crippen LogP contribution in [0.3, 0.4) is 0 Å². The number of imidazole rings is 1. The Balaban J connectivity index is 1.62. The van der Waals surface area contributed by atoms with Gasteiger partial charge in [0.2, 0.25) is 0 Å². The van der Waals surface area contributed by atoms with Crippen molar-refractivity contribution in [2.24, 2.45) is 0 Å². The van der Waals surface area contributed by atoms with Gasteiger partial charge in [-0.1, -0.05) is 36.4 Å². The Morgan fingerprint density at radius 2 is 1.81 bits per heavy atom. The van der Waals surface area contributed by atoms with Crippen molar-refractivity contribution in [1.82, 2.24) is 14.9 Å². The van der Waals surface area contributed by atoms with Crippen molar-refractivity contribution < 1.29 is 0 Å². The molecule has 106 valence electrons. The van der Waals surface area contributed by atoms with Crippen LogP contribution in [0.25, 0.3) is 11.0 Å². The smallest absolute Gasteiger partial charge is 0.124 e. The number of nitrogens with zero attached hydrogens (tertiary/aromatic N) is 2. The van der Waals surface area contributed by atoms with Crippen LogP contribution < -0.4 is 0 Å². The van der Waals surface area contributed by atoms with Crippen molar-refractivity contribution in [3.63, 3.8) is 0 Å². The van der Waals surface area contributed by atoms with E-state index in [1.54, 1.807) is 0 Å². The molecule has 0 aliphatic carbocycles. The minimum absolute atomic E-state index is 0.311. The van der Waals surface area contributed by atoms with Gasteiger partial charge in [0.25, 0.3) is 0 Å². The average molecular weight is 277 g/mol. The van der Waals surface area contributed by atoms with Crippen LogP contribution in [-0.2, 0) is 13.0 Å². The van der Waals surface area contributed by atoms with Gasteiger partial charge in [0.15, 0.2) is 0 Å². The van der Waals surface area contributed by atoms with Crippen molar-refractivity contribution in [3.8, 4) is 0 Å². The molecule has 2 aromatic carbocycles. The van der Waals surface area contributed by atoms with Crippen LogP contribution in [0.2, 0.25) is 0 Å². The van der Waals surface area contributed by atoms with Crippen LogP contribution in [0.1, 0.15) is 29.9 Å².